The second-order valence-corrected chi connectivity index (χ2v) is 6.63. The van der Waals surface area contributed by atoms with Crippen LogP contribution in [0.4, 0.5) is 0 Å². The summed E-state index contributed by atoms with van der Waals surface area (Å²) in [6.07, 6.45) is 23.3. The fourth-order valence-electron chi connectivity index (χ4n) is 2.92. The molecule has 0 bridgehead atoms. The standard InChI is InChI=1S/C22H34O4/c1-2-3-4-5-6-9-12-15-19-18-20(23)21(26-19)16-13-10-7-8-11-14-17-22(24)25/h3-4,6-11,19-21,23H,2,5,12-18H2,1H3,(H,24,25)/b4-3+,9-6-,10-7+,11-8-. The van der Waals surface area contributed by atoms with Gasteiger partial charge in [0.15, 0.2) is 0 Å². The molecule has 1 rings (SSSR count). The van der Waals surface area contributed by atoms with Gasteiger partial charge in [-0.1, -0.05) is 55.5 Å². The number of ether oxygens (including phenoxy) is 1. The molecule has 0 aromatic rings. The Morgan fingerprint density at radius 2 is 1.69 bits per heavy atom. The van der Waals surface area contributed by atoms with E-state index in [1.165, 1.54) is 0 Å². The normalized spacial score (nSPS) is 24.0. The highest BCUT2D eigenvalue weighted by molar-refractivity contribution is 5.66. The van der Waals surface area contributed by atoms with Crippen molar-refractivity contribution >= 4 is 5.97 Å². The van der Waals surface area contributed by atoms with Crippen molar-refractivity contribution in [3.8, 4) is 0 Å². The predicted octanol–water partition coefficient (Wildman–Crippen LogP) is 4.95. The number of carbonyl (C=O) groups is 1. The first-order chi connectivity index (χ1) is 12.6. The third-order valence-electron chi connectivity index (χ3n) is 4.32. The molecule has 0 aromatic carbocycles. The Labute approximate surface area is 158 Å². The van der Waals surface area contributed by atoms with Crippen LogP contribution in [0.1, 0.15) is 64.7 Å². The number of hydrogen-bond acceptors (Lipinski definition) is 3. The summed E-state index contributed by atoms with van der Waals surface area (Å²) >= 11 is 0. The van der Waals surface area contributed by atoms with Crippen molar-refractivity contribution in [2.24, 2.45) is 0 Å². The summed E-state index contributed by atoms with van der Waals surface area (Å²) in [5.41, 5.74) is 0. The monoisotopic (exact) mass is 362 g/mol. The zero-order valence-electron chi connectivity index (χ0n) is 15.9. The fraction of sp³-hybridized carbons (Fsp3) is 0.591. The number of aliphatic carboxylic acids is 1. The molecule has 1 fully saturated rings. The highest BCUT2D eigenvalue weighted by Crippen LogP contribution is 2.26. The summed E-state index contributed by atoms with van der Waals surface area (Å²) in [6.45, 7) is 2.13. The Hall–Kier alpha value is -1.65. The van der Waals surface area contributed by atoms with Gasteiger partial charge in [0.05, 0.1) is 18.3 Å². The molecule has 3 atom stereocenters. The second kappa shape index (κ2) is 14.5. The van der Waals surface area contributed by atoms with Gasteiger partial charge in [-0.05, 0) is 44.9 Å². The molecule has 146 valence electrons. The molecule has 4 nitrogen and oxygen atoms in total. The van der Waals surface area contributed by atoms with Crippen molar-refractivity contribution in [2.75, 3.05) is 0 Å². The Bertz CT molecular complexity index is 490. The van der Waals surface area contributed by atoms with Crippen molar-refractivity contribution in [1.82, 2.24) is 0 Å². The summed E-state index contributed by atoms with van der Waals surface area (Å²) in [6, 6.07) is 0. The van der Waals surface area contributed by atoms with Gasteiger partial charge in [0, 0.05) is 12.8 Å². The minimum atomic E-state index is -0.774. The van der Waals surface area contributed by atoms with E-state index in [-0.39, 0.29) is 24.7 Å². The molecule has 0 spiro atoms. The predicted molar refractivity (Wildman–Crippen MR) is 106 cm³/mol. The molecular weight excluding hydrogens is 328 g/mol. The van der Waals surface area contributed by atoms with E-state index in [4.69, 9.17) is 9.84 Å². The van der Waals surface area contributed by atoms with Crippen LogP contribution in [-0.4, -0.2) is 34.5 Å². The minimum absolute atomic E-state index is 0.0721. The summed E-state index contributed by atoms with van der Waals surface area (Å²) in [4.78, 5) is 10.4. The van der Waals surface area contributed by atoms with Crippen LogP contribution < -0.4 is 0 Å². The molecular formula is C22H34O4. The molecule has 1 aliphatic heterocycles. The molecule has 3 unspecified atom stereocenters. The highest BCUT2D eigenvalue weighted by Gasteiger charge is 2.32. The van der Waals surface area contributed by atoms with Crippen LogP contribution >= 0.6 is 0 Å². The van der Waals surface area contributed by atoms with Crippen molar-refractivity contribution < 1.29 is 19.7 Å². The van der Waals surface area contributed by atoms with Crippen LogP contribution in [0.15, 0.2) is 48.6 Å². The fourth-order valence-corrected chi connectivity index (χ4v) is 2.92. The zero-order chi connectivity index (χ0) is 19.0. The first kappa shape index (κ1) is 22.4. The van der Waals surface area contributed by atoms with Crippen LogP contribution in [0.2, 0.25) is 0 Å². The topological polar surface area (TPSA) is 66.8 Å². The van der Waals surface area contributed by atoms with Crippen molar-refractivity contribution in [3.63, 3.8) is 0 Å². The van der Waals surface area contributed by atoms with Crippen LogP contribution in [0.25, 0.3) is 0 Å². The minimum Gasteiger partial charge on any atom is -0.481 e. The van der Waals surface area contributed by atoms with E-state index in [0.717, 1.165) is 44.9 Å². The van der Waals surface area contributed by atoms with Crippen LogP contribution in [0.5, 0.6) is 0 Å². The summed E-state index contributed by atoms with van der Waals surface area (Å²) in [5.74, 6) is -0.774. The van der Waals surface area contributed by atoms with Crippen LogP contribution in [-0.2, 0) is 9.53 Å². The third kappa shape index (κ3) is 11.1. The van der Waals surface area contributed by atoms with Gasteiger partial charge in [0.1, 0.15) is 0 Å². The smallest absolute Gasteiger partial charge is 0.303 e. The Morgan fingerprint density at radius 3 is 2.42 bits per heavy atom. The molecule has 1 heterocycles. The zero-order valence-corrected chi connectivity index (χ0v) is 15.9. The van der Waals surface area contributed by atoms with Gasteiger partial charge in [-0.3, -0.25) is 4.79 Å². The maximum atomic E-state index is 10.4. The molecule has 4 heteroatoms. The lowest BCUT2D eigenvalue weighted by molar-refractivity contribution is -0.136. The number of hydrogen-bond donors (Lipinski definition) is 2. The summed E-state index contributed by atoms with van der Waals surface area (Å²) < 4.78 is 5.98. The lowest BCUT2D eigenvalue weighted by Gasteiger charge is -2.13. The van der Waals surface area contributed by atoms with Crippen molar-refractivity contribution in [2.45, 2.75) is 83.0 Å². The summed E-state index contributed by atoms with van der Waals surface area (Å²) in [5, 5.41) is 18.7. The number of carboxylic acid groups (broad SMARTS) is 1. The van der Waals surface area contributed by atoms with Gasteiger partial charge in [0.25, 0.3) is 0 Å². The summed E-state index contributed by atoms with van der Waals surface area (Å²) in [7, 11) is 0. The third-order valence-corrected chi connectivity index (χ3v) is 4.32. The number of aliphatic hydroxyl groups is 1. The molecule has 1 aliphatic rings. The second-order valence-electron chi connectivity index (χ2n) is 6.63. The molecule has 0 aromatic heterocycles. The maximum absolute atomic E-state index is 10.4. The van der Waals surface area contributed by atoms with Crippen LogP contribution in [0, 0.1) is 0 Å². The average Bonchev–Trinajstić information content (AvgIpc) is 2.96. The number of carboxylic acids is 1. The molecule has 2 N–H and O–H groups in total. The van der Waals surface area contributed by atoms with E-state index in [1.54, 1.807) is 0 Å². The Kier molecular flexibility index (Phi) is 12.5. The maximum Gasteiger partial charge on any atom is 0.303 e. The van der Waals surface area contributed by atoms with E-state index in [2.05, 4.69) is 31.2 Å². The van der Waals surface area contributed by atoms with Gasteiger partial charge in [-0.15, -0.1) is 0 Å². The molecule has 0 saturated carbocycles. The molecule has 0 amide bonds. The first-order valence-electron chi connectivity index (χ1n) is 9.80. The van der Waals surface area contributed by atoms with E-state index in [1.807, 2.05) is 24.3 Å². The SMILES string of the molecule is CC/C=C/C/C=C\CCC1CC(O)C(CC/C=C/C=C\CCC(=O)O)O1. The first-order valence-corrected chi connectivity index (χ1v) is 9.80. The average molecular weight is 363 g/mol. The van der Waals surface area contributed by atoms with Crippen molar-refractivity contribution in [3.05, 3.63) is 48.6 Å². The van der Waals surface area contributed by atoms with E-state index in [9.17, 15) is 9.90 Å². The molecule has 1 saturated heterocycles. The molecule has 0 aliphatic carbocycles. The van der Waals surface area contributed by atoms with Crippen molar-refractivity contribution in [1.29, 1.82) is 0 Å². The number of aliphatic hydroxyl groups excluding tert-OH is 1. The van der Waals surface area contributed by atoms with Crippen LogP contribution in [0.3, 0.4) is 0 Å². The molecule has 0 radical (unpaired) electrons. The number of allylic oxidation sites excluding steroid dienone is 8. The highest BCUT2D eigenvalue weighted by atomic mass is 16.5. The van der Waals surface area contributed by atoms with E-state index >= 15 is 0 Å². The van der Waals surface area contributed by atoms with Gasteiger partial charge < -0.3 is 14.9 Å². The van der Waals surface area contributed by atoms with E-state index in [0.29, 0.717) is 6.42 Å². The van der Waals surface area contributed by atoms with Gasteiger partial charge in [0.2, 0.25) is 0 Å². The van der Waals surface area contributed by atoms with Gasteiger partial charge in [-0.25, -0.2) is 0 Å². The largest absolute Gasteiger partial charge is 0.481 e. The quantitative estimate of drug-likeness (QED) is 0.359. The Morgan fingerprint density at radius 1 is 1.00 bits per heavy atom. The van der Waals surface area contributed by atoms with Gasteiger partial charge in [-0.2, -0.15) is 0 Å². The van der Waals surface area contributed by atoms with E-state index < -0.39 is 5.97 Å². The lowest BCUT2D eigenvalue weighted by atomic mass is 10.0. The number of rotatable bonds is 13. The Balaban J connectivity index is 2.13. The molecule has 26 heavy (non-hydrogen) atoms. The lowest BCUT2D eigenvalue weighted by Crippen LogP contribution is -2.20. The van der Waals surface area contributed by atoms with Gasteiger partial charge >= 0.3 is 5.97 Å².